The van der Waals surface area contributed by atoms with E-state index in [0.29, 0.717) is 17.5 Å². The number of carbonyl (C=O) groups excluding carboxylic acids is 1. The Hall–Kier alpha value is -3.89. The number of aryl methyl sites for hydroxylation is 1. The molecule has 1 amide bonds. The Bertz CT molecular complexity index is 1530. The van der Waals surface area contributed by atoms with E-state index in [1.54, 1.807) is 29.2 Å². The Morgan fingerprint density at radius 1 is 1.10 bits per heavy atom. The zero-order valence-electron chi connectivity index (χ0n) is 22.4. The predicted octanol–water partition coefficient (Wildman–Crippen LogP) is 3.64. The number of benzene rings is 2. The molecular weight excluding hydrogens is 601 g/mol. The lowest BCUT2D eigenvalue weighted by atomic mass is 10.1. The number of sulfonamides is 1. The number of thiazole rings is 1. The van der Waals surface area contributed by atoms with E-state index in [9.17, 15) is 36.3 Å². The maximum atomic E-state index is 13.6. The number of alkyl halides is 3. The minimum absolute atomic E-state index is 0.0257. The van der Waals surface area contributed by atoms with Gasteiger partial charge in [0.25, 0.3) is 0 Å². The van der Waals surface area contributed by atoms with Gasteiger partial charge in [0.15, 0.2) is 5.13 Å². The monoisotopic (exact) mass is 628 g/mol. The number of rotatable bonds is 10. The van der Waals surface area contributed by atoms with E-state index in [4.69, 9.17) is 4.74 Å². The summed E-state index contributed by atoms with van der Waals surface area (Å²) in [6.07, 6.45) is -4.95. The average Bonchev–Trinajstić information content (AvgIpc) is 3.33. The van der Waals surface area contributed by atoms with Crippen LogP contribution in [0.5, 0.6) is 11.5 Å². The van der Waals surface area contributed by atoms with Gasteiger partial charge in [0.05, 0.1) is 17.2 Å². The first-order valence-electron chi connectivity index (χ1n) is 12.6. The highest BCUT2D eigenvalue weighted by Crippen LogP contribution is 2.31. The minimum Gasteiger partial charge on any atom is -0.494 e. The lowest BCUT2D eigenvalue weighted by Crippen LogP contribution is -2.60. The molecule has 1 saturated heterocycles. The van der Waals surface area contributed by atoms with Crippen molar-refractivity contribution in [1.82, 2.24) is 14.6 Å². The molecule has 1 atom stereocenters. The van der Waals surface area contributed by atoms with Crippen LogP contribution in [0, 0.1) is 6.92 Å². The third-order valence-corrected chi connectivity index (χ3v) is 9.38. The summed E-state index contributed by atoms with van der Waals surface area (Å²) >= 11 is 0.912. The number of ether oxygens (including phenoxy) is 2. The highest BCUT2D eigenvalue weighted by atomic mass is 32.2. The molecule has 2 N–H and O–H groups in total. The van der Waals surface area contributed by atoms with Crippen LogP contribution in [0.25, 0.3) is 0 Å². The van der Waals surface area contributed by atoms with Gasteiger partial charge in [0, 0.05) is 26.2 Å². The van der Waals surface area contributed by atoms with Crippen LogP contribution >= 0.6 is 11.3 Å². The summed E-state index contributed by atoms with van der Waals surface area (Å²) in [5.41, 5.74) is 1.02. The molecule has 0 radical (unpaired) electrons. The standard InChI is InChI=1S/C26H27F3N4O7S2/c1-3-39-18-6-4-17(5-7-18)14-30-23(34)21-15-32(25-31-16(2)22(41-25)24(35)36)12-13-33(21)42(37,38)20-10-8-19(9-11-20)40-26(27,28)29/h4-11,21H,3,12-15H2,1-2H3,(H,30,34)(H,35,36). The molecule has 16 heteroatoms. The van der Waals surface area contributed by atoms with Crippen molar-refractivity contribution in [3.05, 3.63) is 64.7 Å². The predicted molar refractivity (Wildman–Crippen MR) is 146 cm³/mol. The lowest BCUT2D eigenvalue weighted by molar-refractivity contribution is -0.274. The molecule has 1 unspecified atom stereocenters. The topological polar surface area (TPSA) is 138 Å². The number of carboxylic acid groups (broad SMARTS) is 1. The van der Waals surface area contributed by atoms with Crippen LogP contribution in [0.15, 0.2) is 53.4 Å². The summed E-state index contributed by atoms with van der Waals surface area (Å²) in [4.78, 5) is 30.6. The first-order valence-corrected chi connectivity index (χ1v) is 14.9. The van der Waals surface area contributed by atoms with E-state index in [-0.39, 0.29) is 41.6 Å². The number of halogens is 3. The molecular formula is C26H27F3N4O7S2. The van der Waals surface area contributed by atoms with Crippen molar-refractivity contribution in [1.29, 1.82) is 0 Å². The lowest BCUT2D eigenvalue weighted by Gasteiger charge is -2.39. The number of anilines is 1. The molecule has 1 aliphatic heterocycles. The van der Waals surface area contributed by atoms with Crippen molar-refractivity contribution in [3.8, 4) is 11.5 Å². The number of carbonyl (C=O) groups is 2. The minimum atomic E-state index is -4.95. The second-order valence-corrected chi connectivity index (χ2v) is 12.0. The molecule has 2 aromatic carbocycles. The number of amides is 1. The first kappa shape index (κ1) is 31.1. The number of aromatic nitrogens is 1. The Morgan fingerprint density at radius 2 is 1.74 bits per heavy atom. The Balaban J connectivity index is 1.59. The molecule has 4 rings (SSSR count). The quantitative estimate of drug-likeness (QED) is 0.345. The summed E-state index contributed by atoms with van der Waals surface area (Å²) in [6, 6.07) is 9.42. The fraction of sp³-hybridized carbons (Fsp3) is 0.346. The zero-order valence-corrected chi connectivity index (χ0v) is 24.1. The van der Waals surface area contributed by atoms with Crippen LogP contribution in [0.3, 0.4) is 0 Å². The van der Waals surface area contributed by atoms with Gasteiger partial charge in [-0.2, -0.15) is 4.31 Å². The Morgan fingerprint density at radius 3 is 2.31 bits per heavy atom. The number of hydrogen-bond donors (Lipinski definition) is 2. The fourth-order valence-corrected chi connectivity index (χ4v) is 6.79. The molecule has 1 aromatic heterocycles. The van der Waals surface area contributed by atoms with Gasteiger partial charge < -0.3 is 24.8 Å². The third kappa shape index (κ3) is 7.30. The highest BCUT2D eigenvalue weighted by molar-refractivity contribution is 7.89. The average molecular weight is 629 g/mol. The summed E-state index contributed by atoms with van der Waals surface area (Å²) in [7, 11) is -4.35. The molecule has 0 bridgehead atoms. The molecule has 0 aliphatic carbocycles. The maximum Gasteiger partial charge on any atom is 0.573 e. The molecule has 0 saturated carbocycles. The van der Waals surface area contributed by atoms with Crippen molar-refractivity contribution < 1.29 is 45.8 Å². The molecule has 1 fully saturated rings. The van der Waals surface area contributed by atoms with Gasteiger partial charge in [-0.05, 0) is 55.8 Å². The number of nitrogens with one attached hydrogen (secondary N) is 1. The Kier molecular flexibility index (Phi) is 9.27. The zero-order chi connectivity index (χ0) is 30.7. The van der Waals surface area contributed by atoms with Crippen molar-refractivity contribution in [2.75, 3.05) is 31.1 Å². The molecule has 3 aromatic rings. The molecule has 2 heterocycles. The molecule has 1 aliphatic rings. The normalized spacial score (nSPS) is 16.2. The van der Waals surface area contributed by atoms with Crippen LogP contribution in [0.2, 0.25) is 0 Å². The van der Waals surface area contributed by atoms with E-state index in [1.165, 1.54) is 6.92 Å². The summed E-state index contributed by atoms with van der Waals surface area (Å²) in [5, 5.41) is 12.5. The third-order valence-electron chi connectivity index (χ3n) is 6.25. The van der Waals surface area contributed by atoms with E-state index in [2.05, 4.69) is 15.0 Å². The molecule has 11 nitrogen and oxygen atoms in total. The van der Waals surface area contributed by atoms with E-state index >= 15 is 0 Å². The second-order valence-electron chi connectivity index (χ2n) is 9.11. The van der Waals surface area contributed by atoms with E-state index in [0.717, 1.165) is 45.5 Å². The van der Waals surface area contributed by atoms with E-state index < -0.39 is 40.1 Å². The van der Waals surface area contributed by atoms with Gasteiger partial charge in [-0.3, -0.25) is 4.79 Å². The van der Waals surface area contributed by atoms with Crippen LogP contribution in [0.4, 0.5) is 18.3 Å². The van der Waals surface area contributed by atoms with Crippen LogP contribution < -0.4 is 19.7 Å². The van der Waals surface area contributed by atoms with Gasteiger partial charge in [-0.25, -0.2) is 18.2 Å². The summed E-state index contributed by atoms with van der Waals surface area (Å²) in [6.45, 7) is 3.73. The van der Waals surface area contributed by atoms with Crippen molar-refractivity contribution >= 4 is 38.4 Å². The second kappa shape index (κ2) is 12.5. The number of hydrogen-bond acceptors (Lipinski definition) is 9. The first-order chi connectivity index (χ1) is 19.8. The molecule has 226 valence electrons. The van der Waals surface area contributed by atoms with Crippen molar-refractivity contribution in [3.63, 3.8) is 0 Å². The number of aromatic carboxylic acids is 1. The summed E-state index contributed by atoms with van der Waals surface area (Å²) in [5.74, 6) is -1.72. The van der Waals surface area contributed by atoms with Crippen molar-refractivity contribution in [2.45, 2.75) is 37.7 Å². The number of carboxylic acids is 1. The van der Waals surface area contributed by atoms with E-state index in [1.807, 2.05) is 6.92 Å². The van der Waals surface area contributed by atoms with Gasteiger partial charge >= 0.3 is 12.3 Å². The Labute approximate surface area is 243 Å². The largest absolute Gasteiger partial charge is 0.573 e. The smallest absolute Gasteiger partial charge is 0.494 e. The highest BCUT2D eigenvalue weighted by Gasteiger charge is 2.41. The van der Waals surface area contributed by atoms with Gasteiger partial charge in [-0.15, -0.1) is 13.2 Å². The maximum absolute atomic E-state index is 13.6. The number of piperazine rings is 1. The van der Waals surface area contributed by atoms with Gasteiger partial charge in [-0.1, -0.05) is 23.5 Å². The van der Waals surface area contributed by atoms with Crippen LogP contribution in [-0.2, 0) is 21.4 Å². The van der Waals surface area contributed by atoms with Gasteiger partial charge in [0.1, 0.15) is 22.4 Å². The van der Waals surface area contributed by atoms with Crippen molar-refractivity contribution in [2.24, 2.45) is 0 Å². The SMILES string of the molecule is CCOc1ccc(CNC(=O)C2CN(c3nc(C)c(C(=O)O)s3)CCN2S(=O)(=O)c2ccc(OC(F)(F)F)cc2)cc1. The summed E-state index contributed by atoms with van der Waals surface area (Å²) < 4.78 is 75.2. The van der Waals surface area contributed by atoms with Gasteiger partial charge in [0.2, 0.25) is 15.9 Å². The van der Waals surface area contributed by atoms with Crippen LogP contribution in [-0.4, -0.2) is 73.3 Å². The number of nitrogens with zero attached hydrogens (tertiary/aromatic N) is 3. The van der Waals surface area contributed by atoms with Crippen LogP contribution in [0.1, 0.15) is 27.9 Å². The fourth-order valence-electron chi connectivity index (χ4n) is 4.28. The molecule has 42 heavy (non-hydrogen) atoms. The molecule has 0 spiro atoms.